The van der Waals surface area contributed by atoms with Crippen molar-refractivity contribution >= 4 is 12.0 Å². The van der Waals surface area contributed by atoms with E-state index in [2.05, 4.69) is 0 Å². The number of hydrogen-bond acceptors (Lipinski definition) is 16. The summed E-state index contributed by atoms with van der Waals surface area (Å²) in [7, 11) is 0. The number of carbonyl (C=O) groups is 1. The zero-order valence-electron chi connectivity index (χ0n) is 23.6. The Labute approximate surface area is 256 Å². The Bertz CT molecular complexity index is 1320. The number of rotatable bonds is 11. The molecule has 45 heavy (non-hydrogen) atoms. The van der Waals surface area contributed by atoms with Gasteiger partial charge >= 0.3 is 5.97 Å². The third-order valence-corrected chi connectivity index (χ3v) is 7.29. The largest absolute Gasteiger partial charge is 0.504 e. The van der Waals surface area contributed by atoms with Crippen molar-refractivity contribution in [3.05, 3.63) is 53.6 Å². The van der Waals surface area contributed by atoms with E-state index in [-0.39, 0.29) is 30.3 Å². The van der Waals surface area contributed by atoms with Crippen LogP contribution in [0.3, 0.4) is 0 Å². The number of carbonyl (C=O) groups excluding carboxylic acids is 1. The lowest BCUT2D eigenvalue weighted by molar-refractivity contribution is -0.331. The lowest BCUT2D eigenvalue weighted by Gasteiger charge is -2.43. The van der Waals surface area contributed by atoms with Gasteiger partial charge in [-0.15, -0.1) is 0 Å². The minimum Gasteiger partial charge on any atom is -0.504 e. The fourth-order valence-electron chi connectivity index (χ4n) is 4.71. The molecule has 2 aliphatic rings. The molecule has 0 radical (unpaired) electrons. The molecule has 2 aliphatic heterocycles. The van der Waals surface area contributed by atoms with Crippen molar-refractivity contribution in [1.29, 1.82) is 0 Å². The van der Waals surface area contributed by atoms with Gasteiger partial charge in [0, 0.05) is 6.08 Å². The summed E-state index contributed by atoms with van der Waals surface area (Å²) in [4.78, 5) is 12.7. The molecule has 16 heteroatoms. The lowest BCUT2D eigenvalue weighted by atomic mass is 9.98. The summed E-state index contributed by atoms with van der Waals surface area (Å²) in [6.07, 6.45) is -13.5. The maximum atomic E-state index is 12.7. The molecule has 2 aromatic rings. The van der Waals surface area contributed by atoms with Crippen molar-refractivity contribution in [2.75, 3.05) is 19.8 Å². The van der Waals surface area contributed by atoms with E-state index in [0.717, 1.165) is 6.08 Å². The molecule has 2 aromatic carbocycles. The highest BCUT2D eigenvalue weighted by atomic mass is 16.7. The summed E-state index contributed by atoms with van der Waals surface area (Å²) in [5.74, 6) is -2.47. The standard InChI is InChI=1S/C29H36O16/c30-11-19-22(36)24(38)25(39)28(43-19)42-12-20-23(37)27(45-21(35)6-3-13-1-4-15(31)17(33)9-13)26(40)29(44-20)41-8-7-14-2-5-16(32)18(34)10-14/h1-6,9-10,19-20,22-34,36-40H,7-8,11-12H2. The zero-order chi connectivity index (χ0) is 32.8. The van der Waals surface area contributed by atoms with Crippen LogP contribution in [0.2, 0.25) is 0 Å². The van der Waals surface area contributed by atoms with Crippen molar-refractivity contribution in [2.24, 2.45) is 0 Å². The molecule has 0 aliphatic carbocycles. The third kappa shape index (κ3) is 8.39. The normalized spacial score (nSPS) is 32.0. The van der Waals surface area contributed by atoms with Gasteiger partial charge in [0.15, 0.2) is 41.7 Å². The van der Waals surface area contributed by atoms with Crippen LogP contribution in [0.4, 0.5) is 0 Å². The van der Waals surface area contributed by atoms with E-state index in [1.165, 1.54) is 42.5 Å². The number of phenols is 4. The first-order valence-corrected chi connectivity index (χ1v) is 13.9. The summed E-state index contributed by atoms with van der Waals surface area (Å²) in [6, 6.07) is 7.91. The zero-order valence-corrected chi connectivity index (χ0v) is 23.6. The first kappa shape index (κ1) is 34.3. The van der Waals surface area contributed by atoms with Gasteiger partial charge in [-0.2, -0.15) is 0 Å². The summed E-state index contributed by atoms with van der Waals surface area (Å²) in [5.41, 5.74) is 0.883. The van der Waals surface area contributed by atoms with E-state index < -0.39 is 86.3 Å². The lowest BCUT2D eigenvalue weighted by Crippen LogP contribution is -2.62. The predicted octanol–water partition coefficient (Wildman–Crippen LogP) is -2.04. The maximum absolute atomic E-state index is 12.7. The topological polar surface area (TPSA) is 266 Å². The van der Waals surface area contributed by atoms with Gasteiger partial charge in [-0.05, 0) is 47.9 Å². The average molecular weight is 641 g/mol. The number of aromatic hydroxyl groups is 4. The fraction of sp³-hybridized carbons (Fsp3) is 0.483. The summed E-state index contributed by atoms with van der Waals surface area (Å²) in [6.45, 7) is -1.38. The number of benzene rings is 2. The Morgan fingerprint density at radius 2 is 1.38 bits per heavy atom. The van der Waals surface area contributed by atoms with Crippen LogP contribution < -0.4 is 0 Å². The van der Waals surface area contributed by atoms with Gasteiger partial charge < -0.3 is 74.7 Å². The highest BCUT2D eigenvalue weighted by molar-refractivity contribution is 5.87. The van der Waals surface area contributed by atoms with E-state index in [4.69, 9.17) is 23.7 Å². The van der Waals surface area contributed by atoms with Crippen LogP contribution in [0.25, 0.3) is 6.08 Å². The fourth-order valence-corrected chi connectivity index (χ4v) is 4.71. The smallest absolute Gasteiger partial charge is 0.331 e. The first-order valence-electron chi connectivity index (χ1n) is 13.9. The summed E-state index contributed by atoms with van der Waals surface area (Å²) >= 11 is 0. The second kappa shape index (κ2) is 15.2. The van der Waals surface area contributed by atoms with Crippen molar-refractivity contribution in [2.45, 2.75) is 67.8 Å². The van der Waals surface area contributed by atoms with Gasteiger partial charge in [0.1, 0.15) is 42.7 Å². The average Bonchev–Trinajstić information content (AvgIpc) is 3.01. The molecule has 10 unspecified atom stereocenters. The van der Waals surface area contributed by atoms with E-state index >= 15 is 0 Å². The molecular formula is C29H36O16. The van der Waals surface area contributed by atoms with Crippen LogP contribution in [-0.4, -0.2) is 138 Å². The number of aliphatic hydroxyl groups excluding tert-OH is 6. The molecule has 10 atom stereocenters. The number of ether oxygens (including phenoxy) is 5. The number of esters is 1. The van der Waals surface area contributed by atoms with Crippen LogP contribution in [-0.2, 0) is 34.9 Å². The van der Waals surface area contributed by atoms with Gasteiger partial charge in [0.2, 0.25) is 0 Å². The number of aliphatic hydroxyl groups is 6. The predicted molar refractivity (Wildman–Crippen MR) is 149 cm³/mol. The van der Waals surface area contributed by atoms with Gasteiger partial charge in [0.05, 0.1) is 19.8 Å². The van der Waals surface area contributed by atoms with Crippen molar-refractivity contribution < 1.29 is 79.5 Å². The Hall–Kier alpha value is -3.55. The third-order valence-electron chi connectivity index (χ3n) is 7.29. The summed E-state index contributed by atoms with van der Waals surface area (Å²) in [5, 5.41) is 100.0. The van der Waals surface area contributed by atoms with E-state index in [0.29, 0.717) is 11.1 Å². The Morgan fingerprint density at radius 3 is 2.04 bits per heavy atom. The highest BCUT2D eigenvalue weighted by Gasteiger charge is 2.49. The highest BCUT2D eigenvalue weighted by Crippen LogP contribution is 2.29. The maximum Gasteiger partial charge on any atom is 0.331 e. The van der Waals surface area contributed by atoms with Crippen molar-refractivity contribution in [3.63, 3.8) is 0 Å². The van der Waals surface area contributed by atoms with Gasteiger partial charge in [0.25, 0.3) is 0 Å². The molecule has 16 nitrogen and oxygen atoms in total. The monoisotopic (exact) mass is 640 g/mol. The summed E-state index contributed by atoms with van der Waals surface area (Å²) < 4.78 is 27.5. The second-order valence-corrected chi connectivity index (χ2v) is 10.5. The molecule has 0 bridgehead atoms. The molecular weight excluding hydrogens is 604 g/mol. The minimum atomic E-state index is -1.75. The molecule has 0 amide bonds. The Kier molecular flexibility index (Phi) is 11.6. The molecule has 10 N–H and O–H groups in total. The quantitative estimate of drug-likeness (QED) is 0.0720. The number of phenolic OH excluding ortho intramolecular Hbond substituents is 4. The van der Waals surface area contributed by atoms with Gasteiger partial charge in [-0.1, -0.05) is 12.1 Å². The second-order valence-electron chi connectivity index (χ2n) is 10.5. The van der Waals surface area contributed by atoms with Crippen LogP contribution >= 0.6 is 0 Å². The van der Waals surface area contributed by atoms with Crippen LogP contribution in [0, 0.1) is 0 Å². The van der Waals surface area contributed by atoms with Gasteiger partial charge in [-0.3, -0.25) is 0 Å². The molecule has 0 aromatic heterocycles. The van der Waals surface area contributed by atoms with Crippen LogP contribution in [0.5, 0.6) is 23.0 Å². The van der Waals surface area contributed by atoms with Gasteiger partial charge in [-0.25, -0.2) is 4.79 Å². The molecule has 0 spiro atoms. The van der Waals surface area contributed by atoms with E-state index in [1.807, 2.05) is 0 Å². The molecule has 4 rings (SSSR count). The molecule has 2 saturated heterocycles. The molecule has 248 valence electrons. The number of hydrogen-bond donors (Lipinski definition) is 10. The Morgan fingerprint density at radius 1 is 0.733 bits per heavy atom. The Balaban J connectivity index is 1.46. The van der Waals surface area contributed by atoms with Crippen LogP contribution in [0.1, 0.15) is 11.1 Å². The van der Waals surface area contributed by atoms with E-state index in [1.54, 1.807) is 0 Å². The van der Waals surface area contributed by atoms with Crippen molar-refractivity contribution in [1.82, 2.24) is 0 Å². The molecule has 2 fully saturated rings. The molecule has 0 saturated carbocycles. The van der Waals surface area contributed by atoms with Crippen LogP contribution in [0.15, 0.2) is 42.5 Å². The first-order chi connectivity index (χ1) is 21.4. The van der Waals surface area contributed by atoms with Crippen molar-refractivity contribution in [3.8, 4) is 23.0 Å². The van der Waals surface area contributed by atoms with E-state index in [9.17, 15) is 55.9 Å². The SMILES string of the molecule is O=C(C=Cc1ccc(O)c(O)c1)OC1C(O)C(COC2OC(CO)C(O)C(O)C2O)OC(OCCc2ccc(O)c(O)c2)C1O. The minimum absolute atomic E-state index is 0.104. The molecule has 2 heterocycles.